The summed E-state index contributed by atoms with van der Waals surface area (Å²) in [6, 6.07) is 6.64. The molecule has 0 radical (unpaired) electrons. The largest absolute Gasteiger partial charge is 0.381 e. The normalized spacial score (nSPS) is 17.1. The van der Waals surface area contributed by atoms with Gasteiger partial charge in [0.05, 0.1) is 15.1 Å². The minimum Gasteiger partial charge on any atom is -0.381 e. The number of thiazole rings is 1. The Kier molecular flexibility index (Phi) is 4.77. The van der Waals surface area contributed by atoms with Gasteiger partial charge in [-0.15, -0.1) is 11.3 Å². The van der Waals surface area contributed by atoms with E-state index >= 15 is 0 Å². The van der Waals surface area contributed by atoms with Gasteiger partial charge in [0.15, 0.2) is 14.6 Å². The van der Waals surface area contributed by atoms with Crippen LogP contribution in [-0.2, 0) is 19.4 Å². The number of hydroxylamine groups is 1. The van der Waals surface area contributed by atoms with E-state index in [4.69, 9.17) is 9.94 Å². The second-order valence-electron chi connectivity index (χ2n) is 6.21. The van der Waals surface area contributed by atoms with Crippen molar-refractivity contribution in [1.82, 2.24) is 10.5 Å². The molecule has 3 heterocycles. The summed E-state index contributed by atoms with van der Waals surface area (Å²) < 4.78 is 30.9. The van der Waals surface area contributed by atoms with Crippen LogP contribution in [0.4, 0.5) is 0 Å². The van der Waals surface area contributed by atoms with E-state index in [1.54, 1.807) is 23.5 Å². The number of carbonyl (C=O) groups excluding carboxylic acids is 1. The lowest BCUT2D eigenvalue weighted by molar-refractivity contribution is -0.134. The Morgan fingerprint density at radius 3 is 2.70 bits per heavy atom. The highest BCUT2D eigenvalue weighted by Gasteiger charge is 2.52. The van der Waals surface area contributed by atoms with Crippen LogP contribution in [0.15, 0.2) is 39.9 Å². The van der Waals surface area contributed by atoms with E-state index in [0.29, 0.717) is 5.52 Å². The van der Waals surface area contributed by atoms with Crippen molar-refractivity contribution < 1.29 is 23.2 Å². The molecule has 1 amide bonds. The fourth-order valence-corrected chi connectivity index (χ4v) is 6.98. The highest BCUT2D eigenvalue weighted by Crippen LogP contribution is 2.38. The van der Waals surface area contributed by atoms with E-state index < -0.39 is 20.5 Å². The number of nitrogens with one attached hydrogen (secondary N) is 1. The van der Waals surface area contributed by atoms with Gasteiger partial charge in [-0.25, -0.2) is 18.9 Å². The van der Waals surface area contributed by atoms with Gasteiger partial charge < -0.3 is 4.74 Å². The van der Waals surface area contributed by atoms with Crippen LogP contribution in [-0.4, -0.2) is 42.5 Å². The van der Waals surface area contributed by atoms with Crippen molar-refractivity contribution in [2.75, 3.05) is 13.2 Å². The van der Waals surface area contributed by atoms with Crippen molar-refractivity contribution in [1.29, 1.82) is 0 Å². The molecule has 1 saturated heterocycles. The first kappa shape index (κ1) is 18.5. The molecule has 0 aliphatic carbocycles. The summed E-state index contributed by atoms with van der Waals surface area (Å²) in [5.74, 6) is -0.922. The predicted octanol–water partition coefficient (Wildman–Crippen LogP) is 2.85. The van der Waals surface area contributed by atoms with E-state index in [1.165, 1.54) is 22.9 Å². The summed E-state index contributed by atoms with van der Waals surface area (Å²) in [6.45, 7) is 0.273. The van der Waals surface area contributed by atoms with Crippen LogP contribution in [0.3, 0.4) is 0 Å². The summed E-state index contributed by atoms with van der Waals surface area (Å²) in [5, 5.41) is 13.9. The van der Waals surface area contributed by atoms with E-state index in [1.807, 2.05) is 16.8 Å². The van der Waals surface area contributed by atoms with E-state index in [0.717, 1.165) is 15.3 Å². The van der Waals surface area contributed by atoms with Crippen LogP contribution in [0, 0.1) is 0 Å². The molecule has 1 aromatic carbocycles. The summed E-state index contributed by atoms with van der Waals surface area (Å²) in [7, 11) is -4.04. The van der Waals surface area contributed by atoms with Gasteiger partial charge >= 0.3 is 0 Å². The SMILES string of the molecule is O=C(NO)C1(S(=O)(=O)c2ccc3nc(-c4ccsc4)sc3c2)CCOCC1. The second-order valence-corrected chi connectivity index (χ2v) is 10.3. The summed E-state index contributed by atoms with van der Waals surface area (Å²) in [4.78, 5) is 16.9. The number of rotatable bonds is 4. The van der Waals surface area contributed by atoms with Crippen molar-refractivity contribution in [2.24, 2.45) is 0 Å². The highest BCUT2D eigenvalue weighted by molar-refractivity contribution is 7.93. The minimum absolute atomic E-state index is 0.0113. The Morgan fingerprint density at radius 1 is 1.26 bits per heavy atom. The number of nitrogens with zero attached hydrogens (tertiary/aromatic N) is 1. The molecule has 1 aliphatic rings. The molecule has 0 unspecified atom stereocenters. The lowest BCUT2D eigenvalue weighted by Gasteiger charge is -2.34. The van der Waals surface area contributed by atoms with Gasteiger partial charge in [0.25, 0.3) is 5.91 Å². The maximum absolute atomic E-state index is 13.3. The first-order chi connectivity index (χ1) is 13.0. The zero-order valence-electron chi connectivity index (χ0n) is 14.0. The lowest BCUT2D eigenvalue weighted by Crippen LogP contribution is -2.54. The summed E-state index contributed by atoms with van der Waals surface area (Å²) in [6.07, 6.45) is -0.0226. The maximum atomic E-state index is 13.3. The molecule has 1 aliphatic heterocycles. The highest BCUT2D eigenvalue weighted by atomic mass is 32.2. The number of hydrogen-bond acceptors (Lipinski definition) is 8. The third-order valence-electron chi connectivity index (χ3n) is 4.77. The van der Waals surface area contributed by atoms with Gasteiger partial charge in [-0.3, -0.25) is 10.0 Å². The number of thiophene rings is 1. The summed E-state index contributed by atoms with van der Waals surface area (Å²) in [5.41, 5.74) is 3.22. The Hall–Kier alpha value is -1.85. The molecule has 7 nitrogen and oxygen atoms in total. The van der Waals surface area contributed by atoms with Crippen molar-refractivity contribution in [3.63, 3.8) is 0 Å². The van der Waals surface area contributed by atoms with Crippen LogP contribution >= 0.6 is 22.7 Å². The van der Waals surface area contributed by atoms with Gasteiger partial charge in [0, 0.05) is 24.2 Å². The van der Waals surface area contributed by atoms with Gasteiger partial charge in [0.2, 0.25) is 0 Å². The van der Waals surface area contributed by atoms with Crippen molar-refractivity contribution >= 4 is 48.6 Å². The number of sulfone groups is 1. The molecule has 0 bridgehead atoms. The number of benzene rings is 1. The molecule has 1 fully saturated rings. The zero-order valence-corrected chi connectivity index (χ0v) is 16.5. The van der Waals surface area contributed by atoms with E-state index in [-0.39, 0.29) is 31.0 Å². The number of carbonyl (C=O) groups is 1. The second kappa shape index (κ2) is 6.95. The number of hydrogen-bond donors (Lipinski definition) is 2. The van der Waals surface area contributed by atoms with Crippen LogP contribution in [0.5, 0.6) is 0 Å². The van der Waals surface area contributed by atoms with Gasteiger partial charge in [-0.2, -0.15) is 11.3 Å². The third-order valence-corrected chi connectivity index (χ3v) is 9.02. The Balaban J connectivity index is 1.80. The number of fused-ring (bicyclic) bond motifs is 1. The first-order valence-electron chi connectivity index (χ1n) is 8.18. The van der Waals surface area contributed by atoms with Gasteiger partial charge in [-0.05, 0) is 42.5 Å². The number of amides is 1. The Bertz CT molecular complexity index is 1080. The number of aromatic nitrogens is 1. The molecule has 3 aromatic rings. The zero-order chi connectivity index (χ0) is 19.1. The van der Waals surface area contributed by atoms with Crippen LogP contribution in [0.25, 0.3) is 20.8 Å². The van der Waals surface area contributed by atoms with E-state index in [2.05, 4.69) is 4.98 Å². The average Bonchev–Trinajstić information content (AvgIpc) is 3.36. The molecular formula is C17H16N2O5S3. The molecular weight excluding hydrogens is 408 g/mol. The topological polar surface area (TPSA) is 106 Å². The van der Waals surface area contributed by atoms with Crippen LogP contribution < -0.4 is 5.48 Å². The monoisotopic (exact) mass is 424 g/mol. The molecule has 27 heavy (non-hydrogen) atoms. The van der Waals surface area contributed by atoms with Gasteiger partial charge in [0.1, 0.15) is 5.01 Å². The summed E-state index contributed by atoms with van der Waals surface area (Å²) >= 11 is 2.97. The van der Waals surface area contributed by atoms with Crippen LogP contribution in [0.1, 0.15) is 12.8 Å². The third kappa shape index (κ3) is 2.97. The maximum Gasteiger partial charge on any atom is 0.265 e. The Labute approximate surface area is 163 Å². The smallest absolute Gasteiger partial charge is 0.265 e. The first-order valence-corrected chi connectivity index (χ1v) is 11.4. The fraction of sp³-hybridized carbons (Fsp3) is 0.294. The Morgan fingerprint density at radius 2 is 2.04 bits per heavy atom. The predicted molar refractivity (Wildman–Crippen MR) is 103 cm³/mol. The lowest BCUT2D eigenvalue weighted by atomic mass is 9.98. The fourth-order valence-electron chi connectivity index (χ4n) is 3.23. The van der Waals surface area contributed by atoms with Crippen molar-refractivity contribution in [2.45, 2.75) is 22.5 Å². The molecule has 0 saturated carbocycles. The average molecular weight is 425 g/mol. The molecule has 4 rings (SSSR count). The molecule has 2 N–H and O–H groups in total. The molecule has 2 aromatic heterocycles. The quantitative estimate of drug-likeness (QED) is 0.493. The number of ether oxygens (including phenoxy) is 1. The minimum atomic E-state index is -4.04. The van der Waals surface area contributed by atoms with E-state index in [9.17, 15) is 13.2 Å². The molecule has 0 spiro atoms. The molecule has 0 atom stereocenters. The molecule has 142 valence electrons. The molecule has 10 heteroatoms. The standard InChI is InChI=1S/C17H16N2O5S3/c20-16(19-21)17(4-6-24-7-5-17)27(22,23)12-1-2-13-14(9-12)26-15(18-13)11-3-8-25-10-11/h1-3,8-10,21H,4-7H2,(H,19,20). The van der Waals surface area contributed by atoms with Crippen molar-refractivity contribution in [3.05, 3.63) is 35.0 Å². The van der Waals surface area contributed by atoms with Gasteiger partial charge in [-0.1, -0.05) is 0 Å². The van der Waals surface area contributed by atoms with Crippen LogP contribution in [0.2, 0.25) is 0 Å². The van der Waals surface area contributed by atoms with Crippen molar-refractivity contribution in [3.8, 4) is 10.6 Å².